The van der Waals surface area contributed by atoms with Gasteiger partial charge in [0.2, 0.25) is 0 Å². The number of nitrogens with one attached hydrogen (secondary N) is 1. The zero-order valence-corrected chi connectivity index (χ0v) is 13.0. The number of rotatable bonds is 6. The lowest BCUT2D eigenvalue weighted by molar-refractivity contribution is -0.137. The van der Waals surface area contributed by atoms with Crippen molar-refractivity contribution in [1.29, 1.82) is 0 Å². The van der Waals surface area contributed by atoms with Crippen LogP contribution < -0.4 is 4.72 Å². The van der Waals surface area contributed by atoms with Crippen molar-refractivity contribution in [3.05, 3.63) is 35.3 Å². The van der Waals surface area contributed by atoms with E-state index < -0.39 is 16.0 Å². The lowest BCUT2D eigenvalue weighted by atomic mass is 10.4. The second-order valence-electron chi connectivity index (χ2n) is 4.04. The predicted molar refractivity (Wildman–Crippen MR) is 77.2 cm³/mol. The van der Waals surface area contributed by atoms with Gasteiger partial charge in [0, 0.05) is 18.6 Å². The van der Waals surface area contributed by atoms with E-state index in [1.165, 1.54) is 35.5 Å². The molecule has 0 spiro atoms. The molecule has 0 amide bonds. The van der Waals surface area contributed by atoms with Gasteiger partial charge in [-0.1, -0.05) is 0 Å². The lowest BCUT2D eigenvalue weighted by Crippen LogP contribution is -2.13. The van der Waals surface area contributed by atoms with Crippen LogP contribution in [0.2, 0.25) is 0 Å². The van der Waals surface area contributed by atoms with Gasteiger partial charge in [-0.05, 0) is 22.0 Å². The van der Waals surface area contributed by atoms with Crippen molar-refractivity contribution in [3.63, 3.8) is 0 Å². The van der Waals surface area contributed by atoms with Crippen molar-refractivity contribution in [2.24, 2.45) is 0 Å². The maximum absolute atomic E-state index is 12.2. The highest BCUT2D eigenvalue weighted by atomic mass is 79.9. The van der Waals surface area contributed by atoms with Crippen LogP contribution in [0.5, 0.6) is 0 Å². The smallest absolute Gasteiger partial charge is 0.305 e. The van der Waals surface area contributed by atoms with E-state index in [4.69, 9.17) is 5.11 Å². The van der Waals surface area contributed by atoms with E-state index in [-0.39, 0.29) is 17.9 Å². The monoisotopic (exact) mass is 374 g/mol. The minimum absolute atomic E-state index is 0.0448. The molecule has 2 aromatic heterocycles. The number of sulfonamides is 1. The SMILES string of the molecule is O=C(O)CCn1cc(S(=O)(=O)Nc2ccncc2Br)cn1. The van der Waals surface area contributed by atoms with Crippen molar-refractivity contribution >= 4 is 37.6 Å². The summed E-state index contributed by atoms with van der Waals surface area (Å²) in [7, 11) is -3.79. The molecule has 8 nitrogen and oxygen atoms in total. The molecule has 2 rings (SSSR count). The molecule has 0 aliphatic heterocycles. The van der Waals surface area contributed by atoms with Gasteiger partial charge in [0.25, 0.3) is 10.0 Å². The van der Waals surface area contributed by atoms with Crippen molar-refractivity contribution in [2.75, 3.05) is 4.72 Å². The van der Waals surface area contributed by atoms with Gasteiger partial charge in [-0.15, -0.1) is 0 Å². The zero-order valence-electron chi connectivity index (χ0n) is 10.6. The van der Waals surface area contributed by atoms with Gasteiger partial charge in [0.1, 0.15) is 4.90 Å². The molecule has 0 saturated carbocycles. The number of hydrogen-bond donors (Lipinski definition) is 2. The van der Waals surface area contributed by atoms with Crippen LogP contribution in [-0.4, -0.2) is 34.3 Å². The number of nitrogens with zero attached hydrogens (tertiary/aromatic N) is 3. The largest absolute Gasteiger partial charge is 0.481 e. The molecule has 0 aliphatic carbocycles. The molecule has 10 heteroatoms. The van der Waals surface area contributed by atoms with Gasteiger partial charge in [-0.3, -0.25) is 19.2 Å². The standard InChI is InChI=1S/C11H11BrN4O4S/c12-9-6-13-3-1-10(9)15-21(19,20)8-5-14-16(7-8)4-2-11(17)18/h1,3,5-7H,2,4H2,(H,13,15)(H,17,18). The molecular weight excluding hydrogens is 364 g/mol. The first-order chi connectivity index (χ1) is 9.88. The Kier molecular flexibility index (Phi) is 4.58. The molecule has 0 unspecified atom stereocenters. The molecule has 2 aromatic rings. The lowest BCUT2D eigenvalue weighted by Gasteiger charge is -2.07. The summed E-state index contributed by atoms with van der Waals surface area (Å²) < 4.78 is 28.5. The number of hydrogen-bond acceptors (Lipinski definition) is 5. The highest BCUT2D eigenvalue weighted by Gasteiger charge is 2.18. The zero-order chi connectivity index (χ0) is 15.5. The Morgan fingerprint density at radius 3 is 2.86 bits per heavy atom. The Labute approximate surface area is 129 Å². The van der Waals surface area contributed by atoms with Crippen LogP contribution >= 0.6 is 15.9 Å². The van der Waals surface area contributed by atoms with E-state index in [1.54, 1.807) is 0 Å². The summed E-state index contributed by atoms with van der Waals surface area (Å²) in [5.74, 6) is -0.978. The highest BCUT2D eigenvalue weighted by molar-refractivity contribution is 9.10. The molecule has 0 bridgehead atoms. The molecule has 2 heterocycles. The summed E-state index contributed by atoms with van der Waals surface area (Å²) in [6.45, 7) is 0.101. The summed E-state index contributed by atoms with van der Waals surface area (Å²) in [5, 5.41) is 12.4. The minimum atomic E-state index is -3.79. The summed E-state index contributed by atoms with van der Waals surface area (Å²) in [6.07, 6.45) is 5.23. The number of pyridine rings is 1. The third kappa shape index (κ3) is 4.02. The first-order valence-corrected chi connectivity index (χ1v) is 8.03. The van der Waals surface area contributed by atoms with Crippen LogP contribution in [-0.2, 0) is 21.4 Å². The average molecular weight is 375 g/mol. The maximum atomic E-state index is 12.2. The van der Waals surface area contributed by atoms with Gasteiger partial charge in [0.05, 0.1) is 29.3 Å². The van der Waals surface area contributed by atoms with E-state index in [0.29, 0.717) is 10.2 Å². The fraction of sp³-hybridized carbons (Fsp3) is 0.182. The van der Waals surface area contributed by atoms with Gasteiger partial charge in [-0.2, -0.15) is 5.10 Å². The third-order valence-electron chi connectivity index (χ3n) is 2.49. The fourth-order valence-corrected chi connectivity index (χ4v) is 2.99. The molecule has 0 saturated heterocycles. The number of anilines is 1. The second kappa shape index (κ2) is 6.22. The van der Waals surface area contributed by atoms with Gasteiger partial charge in [0.15, 0.2) is 0 Å². The van der Waals surface area contributed by atoms with Crippen molar-refractivity contribution in [1.82, 2.24) is 14.8 Å². The number of aryl methyl sites for hydroxylation is 1. The Balaban J connectivity index is 2.17. The first kappa shape index (κ1) is 15.4. The Bertz CT molecular complexity index is 759. The highest BCUT2D eigenvalue weighted by Crippen LogP contribution is 2.23. The third-order valence-corrected chi connectivity index (χ3v) is 4.44. The number of carbonyl (C=O) groups is 1. The fourth-order valence-electron chi connectivity index (χ4n) is 1.48. The molecular formula is C11H11BrN4O4S. The Morgan fingerprint density at radius 1 is 1.43 bits per heavy atom. The summed E-state index contributed by atoms with van der Waals surface area (Å²) >= 11 is 3.19. The molecule has 0 aromatic carbocycles. The number of aliphatic carboxylic acids is 1. The number of carboxylic acids is 1. The van der Waals surface area contributed by atoms with Crippen LogP contribution in [0.25, 0.3) is 0 Å². The van der Waals surface area contributed by atoms with E-state index in [9.17, 15) is 13.2 Å². The number of carboxylic acid groups (broad SMARTS) is 1. The van der Waals surface area contributed by atoms with Crippen molar-refractivity contribution < 1.29 is 18.3 Å². The summed E-state index contributed by atoms with van der Waals surface area (Å²) in [6, 6.07) is 1.51. The minimum Gasteiger partial charge on any atom is -0.481 e. The first-order valence-electron chi connectivity index (χ1n) is 5.75. The predicted octanol–water partition coefficient (Wildman–Crippen LogP) is 1.32. The van der Waals surface area contributed by atoms with E-state index >= 15 is 0 Å². The number of aromatic nitrogens is 3. The van der Waals surface area contributed by atoms with Gasteiger partial charge < -0.3 is 5.11 Å². The topological polar surface area (TPSA) is 114 Å². The molecule has 0 radical (unpaired) electrons. The van der Waals surface area contributed by atoms with Gasteiger partial charge >= 0.3 is 5.97 Å². The molecule has 2 N–H and O–H groups in total. The van der Waals surface area contributed by atoms with E-state index in [0.717, 1.165) is 0 Å². The molecule has 0 fully saturated rings. The normalized spacial score (nSPS) is 11.3. The Hall–Kier alpha value is -1.94. The average Bonchev–Trinajstić information content (AvgIpc) is 2.88. The second-order valence-corrected chi connectivity index (χ2v) is 6.58. The van der Waals surface area contributed by atoms with Crippen LogP contribution in [0.3, 0.4) is 0 Å². The Morgan fingerprint density at radius 2 is 2.19 bits per heavy atom. The van der Waals surface area contributed by atoms with Crippen LogP contribution in [0.4, 0.5) is 5.69 Å². The van der Waals surface area contributed by atoms with E-state index in [1.807, 2.05) is 0 Å². The summed E-state index contributed by atoms with van der Waals surface area (Å²) in [4.78, 5) is 14.3. The quantitative estimate of drug-likeness (QED) is 0.787. The summed E-state index contributed by atoms with van der Waals surface area (Å²) in [5.41, 5.74) is 0.350. The van der Waals surface area contributed by atoms with Crippen LogP contribution in [0.15, 0.2) is 40.2 Å². The molecule has 112 valence electrons. The van der Waals surface area contributed by atoms with E-state index in [2.05, 4.69) is 30.7 Å². The molecule has 0 aliphatic rings. The molecule has 21 heavy (non-hydrogen) atoms. The molecule has 0 atom stereocenters. The van der Waals surface area contributed by atoms with Crippen molar-refractivity contribution in [2.45, 2.75) is 17.9 Å². The maximum Gasteiger partial charge on any atom is 0.305 e. The van der Waals surface area contributed by atoms with Gasteiger partial charge in [-0.25, -0.2) is 8.42 Å². The van der Waals surface area contributed by atoms with Crippen LogP contribution in [0, 0.1) is 0 Å². The number of halogens is 1. The van der Waals surface area contributed by atoms with Crippen molar-refractivity contribution in [3.8, 4) is 0 Å². The van der Waals surface area contributed by atoms with Crippen LogP contribution in [0.1, 0.15) is 6.42 Å².